The summed E-state index contributed by atoms with van der Waals surface area (Å²) in [6.07, 6.45) is -2.57. The highest BCUT2D eigenvalue weighted by atomic mass is 35.5. The second kappa shape index (κ2) is 11.6. The van der Waals surface area contributed by atoms with Crippen LogP contribution in [-0.2, 0) is 14.3 Å². The highest BCUT2D eigenvalue weighted by Crippen LogP contribution is 2.46. The van der Waals surface area contributed by atoms with Crippen molar-refractivity contribution in [1.29, 1.82) is 0 Å². The smallest absolute Gasteiger partial charge is 0.392 e. The molecule has 0 aromatic heterocycles. The van der Waals surface area contributed by atoms with Crippen LogP contribution >= 0.6 is 23.2 Å². The van der Waals surface area contributed by atoms with E-state index in [1.807, 2.05) is 0 Å². The van der Waals surface area contributed by atoms with E-state index in [1.54, 1.807) is 63.2 Å². The first-order chi connectivity index (χ1) is 18.6. The molecule has 1 fully saturated rings. The summed E-state index contributed by atoms with van der Waals surface area (Å²) in [5.74, 6) is -4.60. The van der Waals surface area contributed by atoms with Gasteiger partial charge in [-0.15, -0.1) is 0 Å². The highest BCUT2D eigenvalue weighted by molar-refractivity contribution is 6.35. The fraction of sp³-hybridized carbons (Fsp3) is 0.419. The number of hydrogen-bond donors (Lipinski definition) is 1. The molecule has 3 aromatic rings. The number of esters is 1. The molecule has 40 heavy (non-hydrogen) atoms. The van der Waals surface area contributed by atoms with Crippen molar-refractivity contribution in [2.75, 3.05) is 5.32 Å². The zero-order valence-electron chi connectivity index (χ0n) is 22.7. The minimum absolute atomic E-state index is 0.155. The number of hydrogen-bond acceptors (Lipinski definition) is 3. The lowest BCUT2D eigenvalue weighted by Crippen LogP contribution is -2.34. The van der Waals surface area contributed by atoms with Gasteiger partial charge in [-0.25, -0.2) is 0 Å². The summed E-state index contributed by atoms with van der Waals surface area (Å²) in [6.45, 7) is 6.39. The van der Waals surface area contributed by atoms with Crippen LogP contribution in [0.25, 0.3) is 10.8 Å². The van der Waals surface area contributed by atoms with E-state index in [0.29, 0.717) is 10.4 Å². The van der Waals surface area contributed by atoms with Crippen LogP contribution in [0.5, 0.6) is 0 Å². The predicted molar refractivity (Wildman–Crippen MR) is 153 cm³/mol. The standard InChI is InChI=1S/C31H32Cl2F3NO3/c1-17(31(34,35)36)28(21-11-10-18-6-5-7-24(32)23(18)14-21)29(39)37-26-15-20(12-13-25(26)33)22(19-8-9-19)16-27(38)40-30(2,3)4/h5-7,10-15,17,19,22,28H,8-9,16H2,1-4H3,(H,37,39). The van der Waals surface area contributed by atoms with Crippen molar-refractivity contribution in [3.05, 3.63) is 75.8 Å². The molecule has 1 N–H and O–H groups in total. The molecule has 4 nitrogen and oxygen atoms in total. The van der Waals surface area contributed by atoms with E-state index >= 15 is 0 Å². The molecule has 1 aliphatic carbocycles. The van der Waals surface area contributed by atoms with Crippen molar-refractivity contribution in [2.45, 2.75) is 70.6 Å². The molecular weight excluding hydrogens is 562 g/mol. The van der Waals surface area contributed by atoms with Crippen LogP contribution in [0.3, 0.4) is 0 Å². The largest absolute Gasteiger partial charge is 0.460 e. The van der Waals surface area contributed by atoms with Crippen LogP contribution in [0, 0.1) is 11.8 Å². The molecule has 0 heterocycles. The van der Waals surface area contributed by atoms with Gasteiger partial charge in [0.05, 0.1) is 29.0 Å². The second-order valence-corrected chi connectivity index (χ2v) is 12.3. The van der Waals surface area contributed by atoms with E-state index in [2.05, 4.69) is 5.32 Å². The number of anilines is 1. The van der Waals surface area contributed by atoms with Crippen molar-refractivity contribution in [3.63, 3.8) is 0 Å². The molecule has 4 rings (SSSR count). The zero-order chi connectivity index (χ0) is 29.4. The third-order valence-corrected chi connectivity index (χ3v) is 7.84. The number of alkyl halides is 3. The molecular formula is C31H32Cl2F3NO3. The molecule has 3 atom stereocenters. The van der Waals surface area contributed by atoms with Crippen LogP contribution in [0.4, 0.5) is 18.9 Å². The van der Waals surface area contributed by atoms with E-state index in [1.165, 1.54) is 12.1 Å². The number of rotatable bonds is 8. The number of amides is 1. The average Bonchev–Trinajstić information content (AvgIpc) is 3.68. The van der Waals surface area contributed by atoms with Crippen molar-refractivity contribution in [1.82, 2.24) is 0 Å². The monoisotopic (exact) mass is 593 g/mol. The molecule has 1 amide bonds. The van der Waals surface area contributed by atoms with E-state index in [9.17, 15) is 22.8 Å². The molecule has 3 unspecified atom stereocenters. The van der Waals surface area contributed by atoms with Gasteiger partial charge in [-0.2, -0.15) is 13.2 Å². The Balaban J connectivity index is 1.65. The van der Waals surface area contributed by atoms with Crippen LogP contribution in [0.1, 0.15) is 69.9 Å². The van der Waals surface area contributed by atoms with E-state index in [-0.39, 0.29) is 40.5 Å². The molecule has 0 saturated heterocycles. The van der Waals surface area contributed by atoms with Gasteiger partial charge in [-0.3, -0.25) is 9.59 Å². The molecule has 9 heteroatoms. The summed E-state index contributed by atoms with van der Waals surface area (Å²) in [5.41, 5.74) is 0.528. The first kappa shape index (κ1) is 30.2. The van der Waals surface area contributed by atoms with Crippen molar-refractivity contribution < 1.29 is 27.5 Å². The van der Waals surface area contributed by atoms with Crippen LogP contribution in [0.15, 0.2) is 54.6 Å². The Kier molecular flexibility index (Phi) is 8.77. The quantitative estimate of drug-likeness (QED) is 0.265. The predicted octanol–water partition coefficient (Wildman–Crippen LogP) is 9.29. The van der Waals surface area contributed by atoms with Gasteiger partial charge in [0.2, 0.25) is 5.91 Å². The molecule has 3 aromatic carbocycles. The van der Waals surface area contributed by atoms with E-state index in [4.69, 9.17) is 27.9 Å². The SMILES string of the molecule is CC(C(C(=O)Nc1cc(C(CC(=O)OC(C)(C)C)C2CC2)ccc1Cl)c1ccc2cccc(Cl)c2c1)C(F)(F)F. The lowest BCUT2D eigenvalue weighted by molar-refractivity contribution is -0.178. The topological polar surface area (TPSA) is 55.4 Å². The first-order valence-corrected chi connectivity index (χ1v) is 14.0. The fourth-order valence-electron chi connectivity index (χ4n) is 5.00. The number of benzene rings is 3. The van der Waals surface area contributed by atoms with Gasteiger partial charge < -0.3 is 10.1 Å². The van der Waals surface area contributed by atoms with Gasteiger partial charge in [0.15, 0.2) is 0 Å². The summed E-state index contributed by atoms with van der Waals surface area (Å²) >= 11 is 12.7. The Morgan fingerprint density at radius 1 is 0.975 bits per heavy atom. The number of nitrogens with one attached hydrogen (secondary N) is 1. The normalized spacial score (nSPS) is 16.3. The van der Waals surface area contributed by atoms with E-state index in [0.717, 1.165) is 30.7 Å². The van der Waals surface area contributed by atoms with Gasteiger partial charge in [0, 0.05) is 10.4 Å². The fourth-order valence-corrected chi connectivity index (χ4v) is 5.40. The molecule has 0 aliphatic heterocycles. The number of carbonyl (C=O) groups excluding carboxylic acids is 2. The molecule has 0 bridgehead atoms. The Bertz CT molecular complexity index is 1410. The average molecular weight is 595 g/mol. The lowest BCUT2D eigenvalue weighted by atomic mass is 9.84. The zero-order valence-corrected chi connectivity index (χ0v) is 24.3. The lowest BCUT2D eigenvalue weighted by Gasteiger charge is -2.27. The maximum absolute atomic E-state index is 14.0. The van der Waals surface area contributed by atoms with E-state index < -0.39 is 29.5 Å². The number of carbonyl (C=O) groups is 2. The molecule has 0 spiro atoms. The van der Waals surface area contributed by atoms with Gasteiger partial charge in [-0.1, -0.05) is 60.5 Å². The minimum atomic E-state index is -4.63. The summed E-state index contributed by atoms with van der Waals surface area (Å²) in [7, 11) is 0. The summed E-state index contributed by atoms with van der Waals surface area (Å²) < 4.78 is 47.5. The number of ether oxygens (including phenoxy) is 1. The van der Waals surface area contributed by atoms with Gasteiger partial charge in [0.25, 0.3) is 0 Å². The summed E-state index contributed by atoms with van der Waals surface area (Å²) in [5, 5.41) is 4.52. The Morgan fingerprint density at radius 2 is 1.65 bits per heavy atom. The Labute approximate surface area is 242 Å². The van der Waals surface area contributed by atoms with Crippen molar-refractivity contribution in [2.24, 2.45) is 11.8 Å². The van der Waals surface area contributed by atoms with Crippen LogP contribution < -0.4 is 5.32 Å². The van der Waals surface area contributed by atoms with Gasteiger partial charge in [-0.05, 0) is 86.2 Å². The minimum Gasteiger partial charge on any atom is -0.460 e. The van der Waals surface area contributed by atoms with Crippen molar-refractivity contribution >= 4 is 51.5 Å². The molecule has 1 saturated carbocycles. The maximum Gasteiger partial charge on any atom is 0.392 e. The van der Waals surface area contributed by atoms with Gasteiger partial charge >= 0.3 is 12.1 Å². The van der Waals surface area contributed by atoms with Crippen LogP contribution in [0.2, 0.25) is 10.0 Å². The third kappa shape index (κ3) is 7.29. The Hall–Kier alpha value is -2.77. The maximum atomic E-state index is 14.0. The first-order valence-electron chi connectivity index (χ1n) is 13.2. The molecule has 1 aliphatic rings. The second-order valence-electron chi connectivity index (χ2n) is 11.5. The van der Waals surface area contributed by atoms with Crippen LogP contribution in [-0.4, -0.2) is 23.7 Å². The molecule has 214 valence electrons. The van der Waals surface area contributed by atoms with Crippen molar-refractivity contribution in [3.8, 4) is 0 Å². The third-order valence-electron chi connectivity index (χ3n) is 7.18. The number of halogens is 5. The summed E-state index contributed by atoms with van der Waals surface area (Å²) in [6, 6.07) is 14.9. The van der Waals surface area contributed by atoms with Gasteiger partial charge in [0.1, 0.15) is 5.60 Å². The summed E-state index contributed by atoms with van der Waals surface area (Å²) in [4.78, 5) is 26.2. The number of fused-ring (bicyclic) bond motifs is 1. The molecule has 0 radical (unpaired) electrons. The Morgan fingerprint density at radius 3 is 2.27 bits per heavy atom. The highest BCUT2D eigenvalue weighted by Gasteiger charge is 2.45.